The maximum atomic E-state index is 13.8. The molecule has 6 rings (SSSR count). The number of pyridine rings is 1. The standard InChI is InChI=1S/C43H48F3N7O5S/c1-5-27(2)34-22-31(53-41(59)52(40(57)42(53,3)4)32-23-35(43(44,45)46)36(24-47)48-25-32)10-11-37(34)58-18-17-50-13-15-51(16-14-50)26-33(54)21-29-8-6-7-28(19-29)20-30-9-12-38(55)49-39(30)56/h6-8,10-11,19,22-23,25,27,30H,5,9,12-18,20-21,26H2,1-4H3,(H,49,55,56). The molecule has 0 spiro atoms. The molecule has 3 aromatic rings. The molecule has 3 fully saturated rings. The van der Waals surface area contributed by atoms with E-state index in [2.05, 4.69) is 33.9 Å². The van der Waals surface area contributed by atoms with Gasteiger partial charge in [0.05, 0.1) is 24.0 Å². The molecule has 1 aromatic heterocycles. The van der Waals surface area contributed by atoms with Crippen LogP contribution in [0, 0.1) is 17.2 Å². The number of hydrogen-bond donors (Lipinski definition) is 1. The van der Waals surface area contributed by atoms with Gasteiger partial charge >= 0.3 is 6.18 Å². The summed E-state index contributed by atoms with van der Waals surface area (Å²) in [5.41, 5.74) is -0.103. The van der Waals surface area contributed by atoms with Gasteiger partial charge in [-0.3, -0.25) is 39.2 Å². The van der Waals surface area contributed by atoms with Crippen molar-refractivity contribution in [1.82, 2.24) is 20.1 Å². The number of rotatable bonds is 14. The van der Waals surface area contributed by atoms with Crippen LogP contribution in [-0.2, 0) is 38.2 Å². The van der Waals surface area contributed by atoms with Crippen molar-refractivity contribution < 1.29 is 37.1 Å². The minimum atomic E-state index is -4.86. The molecule has 0 radical (unpaired) electrons. The van der Waals surface area contributed by atoms with Crippen molar-refractivity contribution >= 4 is 52.2 Å². The normalized spacial score (nSPS) is 19.5. The van der Waals surface area contributed by atoms with Crippen LogP contribution in [0.5, 0.6) is 5.75 Å². The third-order valence-corrected chi connectivity index (χ3v) is 11.7. The molecule has 2 unspecified atom stereocenters. The van der Waals surface area contributed by atoms with Gasteiger partial charge in [0.1, 0.15) is 24.0 Å². The summed E-state index contributed by atoms with van der Waals surface area (Å²) in [6.07, 6.45) is -1.30. The lowest BCUT2D eigenvalue weighted by atomic mass is 9.90. The molecule has 4 heterocycles. The molecule has 16 heteroatoms. The molecular formula is C43H48F3N7O5S. The number of carbonyl (C=O) groups is 4. The van der Waals surface area contributed by atoms with Gasteiger partial charge in [-0.2, -0.15) is 18.4 Å². The van der Waals surface area contributed by atoms with Crippen molar-refractivity contribution in [2.24, 2.45) is 5.92 Å². The van der Waals surface area contributed by atoms with E-state index >= 15 is 0 Å². The second-order valence-corrected chi connectivity index (χ2v) is 16.3. The summed E-state index contributed by atoms with van der Waals surface area (Å²) in [5, 5.41) is 11.6. The Morgan fingerprint density at radius 3 is 2.44 bits per heavy atom. The van der Waals surface area contributed by atoms with Gasteiger partial charge in [-0.05, 0) is 92.2 Å². The Morgan fingerprint density at radius 1 is 1.05 bits per heavy atom. The monoisotopic (exact) mass is 831 g/mol. The first-order chi connectivity index (χ1) is 28.0. The number of piperazine rings is 1. The SMILES string of the molecule is CCC(C)c1cc(N2C(=S)N(c3cnc(C#N)c(C(F)(F)F)c3)C(=O)C2(C)C)ccc1OCCN1CCN(CC(=O)Cc2cccc(CC3CCC(=O)NC3=O)c2)CC1. The van der Waals surface area contributed by atoms with E-state index in [-0.39, 0.29) is 40.2 Å². The largest absolute Gasteiger partial charge is 0.492 e. The Morgan fingerprint density at radius 2 is 1.76 bits per heavy atom. The number of nitrogens with one attached hydrogen (secondary N) is 1. The molecule has 3 amide bonds. The Balaban J connectivity index is 1.03. The predicted molar refractivity (Wildman–Crippen MR) is 219 cm³/mol. The Bertz CT molecular complexity index is 2170. The minimum Gasteiger partial charge on any atom is -0.492 e. The number of benzene rings is 2. The first-order valence-corrected chi connectivity index (χ1v) is 20.2. The summed E-state index contributed by atoms with van der Waals surface area (Å²) < 4.78 is 47.7. The Kier molecular flexibility index (Phi) is 13.2. The molecule has 3 aliphatic heterocycles. The summed E-state index contributed by atoms with van der Waals surface area (Å²) in [5.74, 6) is -0.374. The van der Waals surface area contributed by atoms with Gasteiger partial charge in [-0.25, -0.2) is 4.98 Å². The van der Waals surface area contributed by atoms with Crippen molar-refractivity contribution in [3.63, 3.8) is 0 Å². The molecule has 3 saturated heterocycles. The average Bonchev–Trinajstić information content (AvgIpc) is 3.37. The number of Topliss-reactive ketones (excluding diaryl/α,β-unsaturated/α-hetero) is 1. The van der Waals surface area contributed by atoms with Gasteiger partial charge in [-0.1, -0.05) is 38.1 Å². The van der Waals surface area contributed by atoms with E-state index < -0.39 is 28.9 Å². The van der Waals surface area contributed by atoms with Gasteiger partial charge < -0.3 is 9.64 Å². The quantitative estimate of drug-likeness (QED) is 0.156. The number of thiocarbonyl (C=S) groups is 1. The number of anilines is 2. The van der Waals surface area contributed by atoms with Crippen LogP contribution in [-0.4, -0.2) is 94.8 Å². The third-order valence-electron chi connectivity index (χ3n) is 11.4. The minimum absolute atomic E-state index is 0.0134. The number of nitriles is 1. The summed E-state index contributed by atoms with van der Waals surface area (Å²) in [7, 11) is 0. The van der Waals surface area contributed by atoms with Crippen LogP contribution in [0.25, 0.3) is 0 Å². The molecule has 2 aromatic carbocycles. The Labute approximate surface area is 347 Å². The molecule has 12 nitrogen and oxygen atoms in total. The predicted octanol–water partition coefficient (Wildman–Crippen LogP) is 5.81. The average molecular weight is 832 g/mol. The number of ketones is 1. The highest BCUT2D eigenvalue weighted by atomic mass is 32.1. The zero-order valence-corrected chi connectivity index (χ0v) is 34.4. The van der Waals surface area contributed by atoms with Crippen LogP contribution >= 0.6 is 12.2 Å². The topological polar surface area (TPSA) is 139 Å². The molecule has 0 bridgehead atoms. The highest BCUT2D eigenvalue weighted by Gasteiger charge is 2.51. The van der Waals surface area contributed by atoms with Crippen LogP contribution in [0.4, 0.5) is 24.5 Å². The van der Waals surface area contributed by atoms with Crippen molar-refractivity contribution in [2.45, 2.75) is 77.4 Å². The zero-order valence-electron chi connectivity index (χ0n) is 33.6. The summed E-state index contributed by atoms with van der Waals surface area (Å²) >= 11 is 5.74. The lowest BCUT2D eigenvalue weighted by Crippen LogP contribution is -2.48. The highest BCUT2D eigenvalue weighted by Crippen LogP contribution is 2.41. The van der Waals surface area contributed by atoms with E-state index in [9.17, 15) is 37.6 Å². The van der Waals surface area contributed by atoms with Crippen molar-refractivity contribution in [3.05, 3.63) is 82.7 Å². The van der Waals surface area contributed by atoms with Crippen LogP contribution in [0.1, 0.15) is 80.8 Å². The van der Waals surface area contributed by atoms with Gasteiger partial charge in [0.15, 0.2) is 16.6 Å². The molecule has 2 atom stereocenters. The Hall–Kier alpha value is -5.24. The number of ether oxygens (including phenoxy) is 1. The number of imide groups is 1. The van der Waals surface area contributed by atoms with E-state index in [1.165, 1.54) is 6.07 Å². The summed E-state index contributed by atoms with van der Waals surface area (Å²) in [6.45, 7) is 11.9. The summed E-state index contributed by atoms with van der Waals surface area (Å²) in [6, 6.07) is 15.5. The van der Waals surface area contributed by atoms with Crippen LogP contribution in [0.15, 0.2) is 54.7 Å². The summed E-state index contributed by atoms with van der Waals surface area (Å²) in [4.78, 5) is 61.3. The van der Waals surface area contributed by atoms with Crippen LogP contribution < -0.4 is 19.9 Å². The molecule has 3 aliphatic rings. The number of aromatic nitrogens is 1. The van der Waals surface area contributed by atoms with Crippen molar-refractivity contribution in [2.75, 3.05) is 55.7 Å². The van der Waals surface area contributed by atoms with E-state index in [1.807, 2.05) is 36.4 Å². The molecule has 59 heavy (non-hydrogen) atoms. The van der Waals surface area contributed by atoms with Crippen LogP contribution in [0.3, 0.4) is 0 Å². The number of carbonyl (C=O) groups excluding carboxylic acids is 4. The zero-order chi connectivity index (χ0) is 42.6. The molecule has 0 saturated carbocycles. The second kappa shape index (κ2) is 17.9. The number of piperidine rings is 1. The van der Waals surface area contributed by atoms with E-state index in [1.54, 1.807) is 24.8 Å². The fourth-order valence-corrected chi connectivity index (χ4v) is 8.34. The number of hydrogen-bond acceptors (Lipinski definition) is 10. The fraction of sp³-hybridized carbons (Fsp3) is 0.465. The number of halogens is 3. The maximum Gasteiger partial charge on any atom is 0.419 e. The highest BCUT2D eigenvalue weighted by molar-refractivity contribution is 7.81. The number of amides is 3. The number of nitrogens with zero attached hydrogens (tertiary/aromatic N) is 6. The lowest BCUT2D eigenvalue weighted by Gasteiger charge is -2.34. The smallest absolute Gasteiger partial charge is 0.419 e. The van der Waals surface area contributed by atoms with Gasteiger partial charge in [-0.15, -0.1) is 0 Å². The van der Waals surface area contributed by atoms with E-state index in [0.29, 0.717) is 56.8 Å². The van der Waals surface area contributed by atoms with Gasteiger partial charge in [0.2, 0.25) is 11.8 Å². The maximum absolute atomic E-state index is 13.8. The fourth-order valence-electron chi connectivity index (χ4n) is 7.82. The lowest BCUT2D eigenvalue weighted by molar-refractivity contribution is -0.138. The van der Waals surface area contributed by atoms with Crippen molar-refractivity contribution in [1.29, 1.82) is 5.26 Å². The van der Waals surface area contributed by atoms with Crippen LogP contribution in [0.2, 0.25) is 0 Å². The van der Waals surface area contributed by atoms with Crippen molar-refractivity contribution in [3.8, 4) is 11.8 Å². The molecule has 1 N–H and O–H groups in total. The third kappa shape index (κ3) is 9.80. The first kappa shape index (κ1) is 43.3. The number of alkyl halides is 3. The van der Waals surface area contributed by atoms with Gasteiger partial charge in [0.25, 0.3) is 5.91 Å². The second-order valence-electron chi connectivity index (χ2n) is 15.9. The van der Waals surface area contributed by atoms with E-state index in [0.717, 1.165) is 66.5 Å². The van der Waals surface area contributed by atoms with E-state index in [4.69, 9.17) is 17.0 Å². The molecular weight excluding hydrogens is 784 g/mol. The molecule has 312 valence electrons. The first-order valence-electron chi connectivity index (χ1n) is 19.8. The van der Waals surface area contributed by atoms with Gasteiger partial charge in [0, 0.05) is 57.2 Å². The molecule has 0 aliphatic carbocycles.